The Labute approximate surface area is 60.0 Å². The second-order valence-corrected chi connectivity index (χ2v) is 2.41. The number of hydrogen-bond donors (Lipinski definition) is 2. The van der Waals surface area contributed by atoms with E-state index in [9.17, 15) is 4.79 Å². The number of hydrogen-bond acceptors (Lipinski definition) is 4. The largest absolute Gasteiger partial charge is 0.464 e. The molecule has 2 N–H and O–H groups in total. The zero-order valence-corrected chi connectivity index (χ0v) is 6.23. The molecule has 0 aromatic carbocycles. The van der Waals surface area contributed by atoms with Gasteiger partial charge < -0.3 is 10.5 Å². The summed E-state index contributed by atoms with van der Waals surface area (Å²) in [6, 6.07) is 0. The van der Waals surface area contributed by atoms with Crippen molar-refractivity contribution in [3.8, 4) is 0 Å². The normalized spacial score (nSPS) is 12.8. The quantitative estimate of drug-likeness (QED) is 0.432. The van der Waals surface area contributed by atoms with Crippen LogP contribution in [-0.4, -0.2) is 24.4 Å². The van der Waals surface area contributed by atoms with E-state index in [0.717, 1.165) is 0 Å². The standard InChI is InChI=1S/C5H11NO2S/c1-4(9)5(7)8-3-2-6/h4,9H,2-3,6H2,1H3. The highest BCUT2D eigenvalue weighted by Crippen LogP contribution is 1.94. The molecule has 0 amide bonds. The van der Waals surface area contributed by atoms with Gasteiger partial charge in [0.05, 0.1) is 5.25 Å². The molecule has 0 aliphatic rings. The molecule has 0 fully saturated rings. The van der Waals surface area contributed by atoms with Crippen LogP contribution >= 0.6 is 12.6 Å². The SMILES string of the molecule is CC(S)C(=O)OCCN. The summed E-state index contributed by atoms with van der Waals surface area (Å²) in [7, 11) is 0. The minimum Gasteiger partial charge on any atom is -0.464 e. The summed E-state index contributed by atoms with van der Waals surface area (Å²) in [4.78, 5) is 10.5. The van der Waals surface area contributed by atoms with Crippen molar-refractivity contribution in [2.45, 2.75) is 12.2 Å². The third-order valence-corrected chi connectivity index (χ3v) is 0.914. The van der Waals surface area contributed by atoms with Crippen molar-refractivity contribution >= 4 is 18.6 Å². The summed E-state index contributed by atoms with van der Waals surface area (Å²) in [5, 5.41) is -0.350. The van der Waals surface area contributed by atoms with Gasteiger partial charge in [0.2, 0.25) is 0 Å². The van der Waals surface area contributed by atoms with Crippen LogP contribution in [0.5, 0.6) is 0 Å². The highest BCUT2D eigenvalue weighted by molar-refractivity contribution is 7.81. The average molecular weight is 149 g/mol. The molecule has 0 radical (unpaired) electrons. The van der Waals surface area contributed by atoms with Crippen LogP contribution in [0, 0.1) is 0 Å². The van der Waals surface area contributed by atoms with E-state index < -0.39 is 0 Å². The van der Waals surface area contributed by atoms with Gasteiger partial charge in [0.15, 0.2) is 0 Å². The fraction of sp³-hybridized carbons (Fsp3) is 0.800. The maximum absolute atomic E-state index is 10.5. The number of carbonyl (C=O) groups is 1. The van der Waals surface area contributed by atoms with Crippen LogP contribution in [0.3, 0.4) is 0 Å². The number of carbonyl (C=O) groups excluding carboxylic acids is 1. The van der Waals surface area contributed by atoms with Crippen molar-refractivity contribution < 1.29 is 9.53 Å². The van der Waals surface area contributed by atoms with Gasteiger partial charge in [-0.05, 0) is 6.92 Å². The van der Waals surface area contributed by atoms with Gasteiger partial charge in [-0.15, -0.1) is 0 Å². The molecule has 1 unspecified atom stereocenters. The van der Waals surface area contributed by atoms with Crippen LogP contribution in [-0.2, 0) is 9.53 Å². The molecule has 0 rings (SSSR count). The van der Waals surface area contributed by atoms with Crippen LogP contribution in [0.15, 0.2) is 0 Å². The lowest BCUT2D eigenvalue weighted by molar-refractivity contribution is -0.142. The Morgan fingerprint density at radius 1 is 1.89 bits per heavy atom. The Morgan fingerprint density at radius 2 is 2.44 bits per heavy atom. The van der Waals surface area contributed by atoms with Gasteiger partial charge in [0.1, 0.15) is 6.61 Å². The van der Waals surface area contributed by atoms with E-state index in [2.05, 4.69) is 17.4 Å². The molecule has 0 aliphatic heterocycles. The Kier molecular flexibility index (Phi) is 4.53. The first kappa shape index (κ1) is 8.78. The van der Waals surface area contributed by atoms with Crippen molar-refractivity contribution in [3.63, 3.8) is 0 Å². The van der Waals surface area contributed by atoms with Crippen LogP contribution in [0.2, 0.25) is 0 Å². The summed E-state index contributed by atoms with van der Waals surface area (Å²) < 4.78 is 4.61. The molecule has 0 aliphatic carbocycles. The molecule has 0 saturated heterocycles. The maximum atomic E-state index is 10.5. The smallest absolute Gasteiger partial charge is 0.318 e. The zero-order chi connectivity index (χ0) is 7.28. The lowest BCUT2D eigenvalue weighted by Crippen LogP contribution is -2.19. The zero-order valence-electron chi connectivity index (χ0n) is 5.33. The summed E-state index contributed by atoms with van der Waals surface area (Å²) in [6.45, 7) is 2.30. The molecule has 1 atom stereocenters. The highest BCUT2D eigenvalue weighted by Gasteiger charge is 2.06. The van der Waals surface area contributed by atoms with Crippen LogP contribution < -0.4 is 5.73 Å². The number of thiol groups is 1. The van der Waals surface area contributed by atoms with Gasteiger partial charge >= 0.3 is 5.97 Å². The molecule has 0 aromatic rings. The number of nitrogens with two attached hydrogens (primary N) is 1. The van der Waals surface area contributed by atoms with E-state index in [1.165, 1.54) is 0 Å². The van der Waals surface area contributed by atoms with E-state index in [1.54, 1.807) is 6.92 Å². The lowest BCUT2D eigenvalue weighted by Gasteiger charge is -2.03. The van der Waals surface area contributed by atoms with Crippen LogP contribution in [0.25, 0.3) is 0 Å². The first-order valence-corrected chi connectivity index (χ1v) is 3.25. The topological polar surface area (TPSA) is 52.3 Å². The lowest BCUT2D eigenvalue weighted by atomic mass is 10.5. The number of esters is 1. The van der Waals surface area contributed by atoms with Gasteiger partial charge in [-0.2, -0.15) is 12.6 Å². The molecule has 0 spiro atoms. The predicted molar refractivity (Wildman–Crippen MR) is 38.5 cm³/mol. The molecule has 9 heavy (non-hydrogen) atoms. The van der Waals surface area contributed by atoms with Gasteiger partial charge in [-0.1, -0.05) is 0 Å². The van der Waals surface area contributed by atoms with Gasteiger partial charge in [0.25, 0.3) is 0 Å². The second kappa shape index (κ2) is 4.64. The molecule has 4 heteroatoms. The number of rotatable bonds is 3. The van der Waals surface area contributed by atoms with E-state index in [1.807, 2.05) is 0 Å². The maximum Gasteiger partial charge on any atom is 0.318 e. The summed E-state index contributed by atoms with van der Waals surface area (Å²) in [6.07, 6.45) is 0. The predicted octanol–water partition coefficient (Wildman–Crippen LogP) is -0.193. The summed E-state index contributed by atoms with van der Waals surface area (Å²) in [5.74, 6) is -0.316. The molecule has 0 saturated carbocycles. The van der Waals surface area contributed by atoms with Gasteiger partial charge in [-0.3, -0.25) is 4.79 Å². The fourth-order valence-corrected chi connectivity index (χ4v) is 0.355. The minimum atomic E-state index is -0.350. The minimum absolute atomic E-state index is 0.281. The average Bonchev–Trinajstić information content (AvgIpc) is 1.82. The second-order valence-electron chi connectivity index (χ2n) is 1.63. The highest BCUT2D eigenvalue weighted by atomic mass is 32.1. The van der Waals surface area contributed by atoms with E-state index in [4.69, 9.17) is 5.73 Å². The van der Waals surface area contributed by atoms with E-state index in [0.29, 0.717) is 6.54 Å². The van der Waals surface area contributed by atoms with Crippen molar-refractivity contribution in [2.24, 2.45) is 5.73 Å². The van der Waals surface area contributed by atoms with Crippen molar-refractivity contribution in [1.29, 1.82) is 0 Å². The van der Waals surface area contributed by atoms with Crippen molar-refractivity contribution in [2.75, 3.05) is 13.2 Å². The van der Waals surface area contributed by atoms with E-state index in [-0.39, 0.29) is 17.8 Å². The summed E-state index contributed by atoms with van der Waals surface area (Å²) in [5.41, 5.74) is 5.07. The first-order valence-electron chi connectivity index (χ1n) is 2.73. The molecule has 3 nitrogen and oxygen atoms in total. The molecule has 54 valence electrons. The van der Waals surface area contributed by atoms with E-state index >= 15 is 0 Å². The van der Waals surface area contributed by atoms with Gasteiger partial charge in [-0.25, -0.2) is 0 Å². The Hall–Kier alpha value is -0.220. The first-order chi connectivity index (χ1) is 4.18. The Bertz CT molecular complexity index is 95.0. The van der Waals surface area contributed by atoms with Crippen LogP contribution in [0.4, 0.5) is 0 Å². The Balaban J connectivity index is 3.28. The molecule has 0 heterocycles. The van der Waals surface area contributed by atoms with Gasteiger partial charge in [0, 0.05) is 6.54 Å². The third-order valence-electron chi connectivity index (χ3n) is 0.703. The van der Waals surface area contributed by atoms with Crippen molar-refractivity contribution in [1.82, 2.24) is 0 Å². The van der Waals surface area contributed by atoms with Crippen LogP contribution in [0.1, 0.15) is 6.92 Å². The summed E-state index contributed by atoms with van der Waals surface area (Å²) >= 11 is 3.85. The molecule has 0 bridgehead atoms. The third kappa shape index (κ3) is 4.29. The molecular formula is C5H11NO2S. The molecule has 0 aromatic heterocycles. The number of ether oxygens (including phenoxy) is 1. The van der Waals surface area contributed by atoms with Crippen molar-refractivity contribution in [3.05, 3.63) is 0 Å². The molecular weight excluding hydrogens is 138 g/mol. The monoisotopic (exact) mass is 149 g/mol. The fourth-order valence-electron chi connectivity index (χ4n) is 0.280. The Morgan fingerprint density at radius 3 is 2.78 bits per heavy atom.